The molecule has 0 spiro atoms. The van der Waals surface area contributed by atoms with Crippen LogP contribution in [-0.4, -0.2) is 28.2 Å². The summed E-state index contributed by atoms with van der Waals surface area (Å²) >= 11 is 5.30. The van der Waals surface area contributed by atoms with Crippen LogP contribution >= 0.6 is 12.2 Å². The largest absolute Gasteiger partial charge is 0.497 e. The van der Waals surface area contributed by atoms with Crippen molar-refractivity contribution in [2.24, 2.45) is 5.10 Å². The molecule has 1 heterocycles. The molecule has 0 aliphatic heterocycles. The van der Waals surface area contributed by atoms with Crippen molar-refractivity contribution < 1.29 is 4.74 Å². The van der Waals surface area contributed by atoms with Gasteiger partial charge in [0.15, 0.2) is 5.82 Å². The summed E-state index contributed by atoms with van der Waals surface area (Å²) in [6.45, 7) is 1.99. The highest BCUT2D eigenvalue weighted by atomic mass is 32.1. The summed E-state index contributed by atoms with van der Waals surface area (Å²) < 4.78 is 7.30. The minimum absolute atomic E-state index is 0.432. The number of methoxy groups -OCH3 is 1. The highest BCUT2D eigenvalue weighted by molar-refractivity contribution is 7.71. The van der Waals surface area contributed by atoms with E-state index in [-0.39, 0.29) is 0 Å². The smallest absolute Gasteiger partial charge is 0.216 e. The van der Waals surface area contributed by atoms with Crippen LogP contribution in [0.25, 0.3) is 17.5 Å². The minimum atomic E-state index is 0.432. The van der Waals surface area contributed by atoms with Gasteiger partial charge in [-0.25, -0.2) is 5.10 Å². The summed E-state index contributed by atoms with van der Waals surface area (Å²) in [4.78, 5) is 0. The van der Waals surface area contributed by atoms with E-state index in [0.29, 0.717) is 10.6 Å². The Kier molecular flexibility index (Phi) is 5.20. The molecule has 2 aromatic carbocycles. The molecule has 25 heavy (non-hydrogen) atoms. The van der Waals surface area contributed by atoms with Crippen LogP contribution in [0.1, 0.15) is 12.5 Å². The molecule has 3 aromatic rings. The van der Waals surface area contributed by atoms with E-state index in [1.54, 1.807) is 18.0 Å². The van der Waals surface area contributed by atoms with Gasteiger partial charge in [0.1, 0.15) is 5.75 Å². The number of aromatic nitrogens is 3. The average molecular weight is 350 g/mol. The first kappa shape index (κ1) is 16.9. The maximum atomic E-state index is 5.30. The Balaban J connectivity index is 1.92. The molecule has 0 bridgehead atoms. The molecule has 0 fully saturated rings. The molecule has 6 heteroatoms. The third-order valence-electron chi connectivity index (χ3n) is 3.55. The normalized spacial score (nSPS) is 11.8. The maximum Gasteiger partial charge on any atom is 0.216 e. The van der Waals surface area contributed by atoms with Crippen molar-refractivity contribution >= 4 is 24.5 Å². The zero-order valence-corrected chi connectivity index (χ0v) is 14.8. The van der Waals surface area contributed by atoms with Gasteiger partial charge < -0.3 is 4.74 Å². The molecule has 0 aliphatic carbocycles. The number of allylic oxidation sites excluding steroid dienone is 1. The molecule has 1 N–H and O–H groups in total. The predicted molar refractivity (Wildman–Crippen MR) is 103 cm³/mol. The quantitative estimate of drug-likeness (QED) is 0.542. The summed E-state index contributed by atoms with van der Waals surface area (Å²) in [5.41, 5.74) is 3.00. The van der Waals surface area contributed by atoms with Gasteiger partial charge in [0, 0.05) is 5.56 Å². The molecule has 0 atom stereocenters. The van der Waals surface area contributed by atoms with Crippen molar-refractivity contribution in [3.63, 3.8) is 0 Å². The lowest BCUT2D eigenvalue weighted by atomic mass is 10.1. The zero-order chi connectivity index (χ0) is 17.6. The molecular weight excluding hydrogens is 332 g/mol. The number of benzene rings is 2. The van der Waals surface area contributed by atoms with Crippen molar-refractivity contribution in [3.05, 3.63) is 70.5 Å². The van der Waals surface area contributed by atoms with Crippen LogP contribution in [0.4, 0.5) is 0 Å². The molecule has 0 saturated carbocycles. The Bertz CT molecular complexity index is 970. The fourth-order valence-electron chi connectivity index (χ4n) is 2.35. The fraction of sp³-hybridized carbons (Fsp3) is 0.105. The standard InChI is InChI=1S/C19H18N4OS/c1-14(11-15-7-4-3-5-8-15)13-20-23-18(21-22-19(23)25)16-9-6-10-17(12-16)24-2/h3-13H,1-2H3,(H,22,25)/b14-11+,20-13-. The molecule has 1 aromatic heterocycles. The SMILES string of the molecule is COc1cccc(-c2n[nH]c(=S)n2/N=C\C(C)=C\c2ccccc2)c1. The number of nitrogens with zero attached hydrogens (tertiary/aromatic N) is 3. The van der Waals surface area contributed by atoms with E-state index in [0.717, 1.165) is 22.4 Å². The van der Waals surface area contributed by atoms with E-state index < -0.39 is 0 Å². The van der Waals surface area contributed by atoms with Gasteiger partial charge in [0.05, 0.1) is 13.3 Å². The van der Waals surface area contributed by atoms with Crippen LogP contribution in [0.2, 0.25) is 0 Å². The van der Waals surface area contributed by atoms with Crippen molar-refractivity contribution in [1.82, 2.24) is 14.9 Å². The summed E-state index contributed by atoms with van der Waals surface area (Å²) in [6, 6.07) is 17.7. The van der Waals surface area contributed by atoms with Gasteiger partial charge in [-0.05, 0) is 42.4 Å². The first-order valence-corrected chi connectivity index (χ1v) is 8.18. The van der Waals surface area contributed by atoms with E-state index in [1.807, 2.05) is 61.5 Å². The number of rotatable bonds is 5. The maximum absolute atomic E-state index is 5.30. The highest BCUT2D eigenvalue weighted by Crippen LogP contribution is 2.22. The lowest BCUT2D eigenvalue weighted by molar-refractivity contribution is 0.415. The highest BCUT2D eigenvalue weighted by Gasteiger charge is 2.08. The van der Waals surface area contributed by atoms with Crippen molar-refractivity contribution in [3.8, 4) is 17.1 Å². The average Bonchev–Trinajstić information content (AvgIpc) is 3.01. The number of nitrogens with one attached hydrogen (secondary N) is 1. The first-order valence-electron chi connectivity index (χ1n) is 7.77. The Morgan fingerprint density at radius 1 is 1.20 bits per heavy atom. The van der Waals surface area contributed by atoms with E-state index in [4.69, 9.17) is 17.0 Å². The number of hydrogen-bond donors (Lipinski definition) is 1. The molecule has 0 unspecified atom stereocenters. The molecule has 0 aliphatic rings. The number of hydrogen-bond acceptors (Lipinski definition) is 4. The third kappa shape index (κ3) is 4.10. The Labute approximate surface area is 151 Å². The van der Waals surface area contributed by atoms with Gasteiger partial charge in [-0.3, -0.25) is 0 Å². The van der Waals surface area contributed by atoms with Crippen LogP contribution < -0.4 is 4.74 Å². The summed E-state index contributed by atoms with van der Waals surface area (Å²) in [5.74, 6) is 1.38. The van der Waals surface area contributed by atoms with Crippen LogP contribution in [0.15, 0.2) is 65.3 Å². The van der Waals surface area contributed by atoms with E-state index in [1.165, 1.54) is 0 Å². The van der Waals surface area contributed by atoms with Crippen molar-refractivity contribution in [2.45, 2.75) is 6.92 Å². The Morgan fingerprint density at radius 2 is 2.00 bits per heavy atom. The van der Waals surface area contributed by atoms with Crippen molar-refractivity contribution in [1.29, 1.82) is 0 Å². The lowest BCUT2D eigenvalue weighted by Gasteiger charge is -2.04. The number of aromatic amines is 1. The predicted octanol–water partition coefficient (Wildman–Crippen LogP) is 4.55. The van der Waals surface area contributed by atoms with Gasteiger partial charge in [0.25, 0.3) is 0 Å². The summed E-state index contributed by atoms with van der Waals surface area (Å²) in [6.07, 6.45) is 3.82. The first-order chi connectivity index (χ1) is 12.2. The Hall–Kier alpha value is -2.99. The fourth-order valence-corrected chi connectivity index (χ4v) is 2.53. The minimum Gasteiger partial charge on any atom is -0.497 e. The van der Waals surface area contributed by atoms with E-state index in [9.17, 15) is 0 Å². The topological polar surface area (TPSA) is 55.2 Å². The van der Waals surface area contributed by atoms with Crippen LogP contribution in [-0.2, 0) is 0 Å². The van der Waals surface area contributed by atoms with Crippen molar-refractivity contribution in [2.75, 3.05) is 7.11 Å². The second kappa shape index (κ2) is 7.72. The van der Waals surface area contributed by atoms with Crippen LogP contribution in [0, 0.1) is 4.77 Å². The monoisotopic (exact) mass is 350 g/mol. The second-order valence-electron chi connectivity index (χ2n) is 5.44. The zero-order valence-electron chi connectivity index (χ0n) is 14.0. The Morgan fingerprint density at radius 3 is 2.76 bits per heavy atom. The molecule has 0 saturated heterocycles. The van der Waals surface area contributed by atoms with Crippen LogP contribution in [0.5, 0.6) is 5.75 Å². The van der Waals surface area contributed by atoms with Gasteiger partial charge >= 0.3 is 0 Å². The molecule has 3 rings (SSSR count). The van der Waals surface area contributed by atoms with Gasteiger partial charge in [-0.15, -0.1) is 0 Å². The third-order valence-corrected chi connectivity index (χ3v) is 3.81. The summed E-state index contributed by atoms with van der Waals surface area (Å²) in [5, 5.41) is 11.5. The molecule has 126 valence electrons. The summed E-state index contributed by atoms with van der Waals surface area (Å²) in [7, 11) is 1.63. The molecule has 5 nitrogen and oxygen atoms in total. The van der Waals surface area contributed by atoms with E-state index >= 15 is 0 Å². The molecule has 0 amide bonds. The lowest BCUT2D eigenvalue weighted by Crippen LogP contribution is -1.95. The molecular formula is C19H18N4OS. The second-order valence-corrected chi connectivity index (χ2v) is 5.83. The van der Waals surface area contributed by atoms with Gasteiger partial charge in [0.2, 0.25) is 4.77 Å². The van der Waals surface area contributed by atoms with E-state index in [2.05, 4.69) is 21.4 Å². The van der Waals surface area contributed by atoms with Gasteiger partial charge in [-0.2, -0.15) is 14.9 Å². The van der Waals surface area contributed by atoms with Gasteiger partial charge in [-0.1, -0.05) is 48.5 Å². The number of ether oxygens (including phenoxy) is 1. The van der Waals surface area contributed by atoms with Crippen LogP contribution in [0.3, 0.4) is 0 Å². The number of H-pyrrole nitrogens is 1. The molecule has 0 radical (unpaired) electrons.